The lowest BCUT2D eigenvalue weighted by molar-refractivity contribution is -0.147. The predicted molar refractivity (Wildman–Crippen MR) is 73.5 cm³/mol. The van der Waals surface area contributed by atoms with Gasteiger partial charge < -0.3 is 15.4 Å². The molecule has 4 nitrogen and oxygen atoms in total. The first-order chi connectivity index (χ1) is 9.16. The van der Waals surface area contributed by atoms with Crippen molar-refractivity contribution in [2.24, 2.45) is 23.0 Å². The molecule has 0 spiro atoms. The van der Waals surface area contributed by atoms with E-state index in [1.54, 1.807) is 0 Å². The molecule has 3 fully saturated rings. The molecule has 108 valence electrons. The van der Waals surface area contributed by atoms with E-state index in [9.17, 15) is 4.79 Å². The van der Waals surface area contributed by atoms with Crippen LogP contribution in [-0.2, 0) is 9.53 Å². The molecule has 0 aromatic carbocycles. The van der Waals surface area contributed by atoms with E-state index in [0.717, 1.165) is 52.0 Å². The molecule has 0 bridgehead atoms. The van der Waals surface area contributed by atoms with Crippen LogP contribution in [0.4, 0.5) is 0 Å². The molecule has 0 aromatic heterocycles. The van der Waals surface area contributed by atoms with Crippen LogP contribution in [0, 0.1) is 17.3 Å². The van der Waals surface area contributed by atoms with Gasteiger partial charge in [-0.2, -0.15) is 0 Å². The number of nitrogens with two attached hydrogens (primary N) is 1. The van der Waals surface area contributed by atoms with Gasteiger partial charge in [0.05, 0.1) is 5.41 Å². The van der Waals surface area contributed by atoms with E-state index < -0.39 is 0 Å². The van der Waals surface area contributed by atoms with E-state index in [4.69, 9.17) is 10.5 Å². The van der Waals surface area contributed by atoms with Crippen LogP contribution in [0.5, 0.6) is 0 Å². The third-order valence-electron chi connectivity index (χ3n) is 5.78. The van der Waals surface area contributed by atoms with Crippen molar-refractivity contribution < 1.29 is 9.53 Å². The number of carbonyl (C=O) groups is 1. The van der Waals surface area contributed by atoms with Crippen molar-refractivity contribution in [3.8, 4) is 0 Å². The third-order valence-corrected chi connectivity index (χ3v) is 5.78. The number of ether oxygens (including phenoxy) is 1. The average Bonchev–Trinajstić information content (AvgIpc) is 3.01. The van der Waals surface area contributed by atoms with E-state index in [1.807, 2.05) is 0 Å². The van der Waals surface area contributed by atoms with Crippen molar-refractivity contribution in [2.75, 3.05) is 26.3 Å². The minimum absolute atomic E-state index is 0.152. The highest BCUT2D eigenvalue weighted by Crippen LogP contribution is 2.42. The monoisotopic (exact) mass is 266 g/mol. The predicted octanol–water partition coefficient (Wildman–Crippen LogP) is 1.39. The Bertz CT molecular complexity index is 352. The molecule has 2 aliphatic heterocycles. The Labute approximate surface area is 115 Å². The largest absolute Gasteiger partial charge is 0.381 e. The SMILES string of the molecule is CCC1(C(=O)N2CC3CCC(N)C3C2)CCOCC1. The van der Waals surface area contributed by atoms with Crippen molar-refractivity contribution >= 4 is 5.91 Å². The zero-order valence-corrected chi connectivity index (χ0v) is 11.9. The molecule has 3 atom stereocenters. The molecule has 1 aliphatic carbocycles. The molecule has 3 rings (SSSR count). The molecule has 1 amide bonds. The minimum atomic E-state index is -0.152. The summed E-state index contributed by atoms with van der Waals surface area (Å²) in [6.45, 7) is 5.46. The summed E-state index contributed by atoms with van der Waals surface area (Å²) in [6, 6.07) is 0.315. The molecule has 1 saturated carbocycles. The smallest absolute Gasteiger partial charge is 0.228 e. The van der Waals surface area contributed by atoms with Crippen LogP contribution in [-0.4, -0.2) is 43.2 Å². The van der Waals surface area contributed by atoms with Gasteiger partial charge in [-0.05, 0) is 43.9 Å². The molecular weight excluding hydrogens is 240 g/mol. The summed E-state index contributed by atoms with van der Waals surface area (Å²) in [5, 5.41) is 0. The van der Waals surface area contributed by atoms with E-state index in [1.165, 1.54) is 6.42 Å². The van der Waals surface area contributed by atoms with Gasteiger partial charge in [0, 0.05) is 32.3 Å². The van der Waals surface area contributed by atoms with Crippen molar-refractivity contribution in [3.05, 3.63) is 0 Å². The lowest BCUT2D eigenvalue weighted by Crippen LogP contribution is -2.46. The molecule has 3 aliphatic rings. The van der Waals surface area contributed by atoms with Crippen molar-refractivity contribution in [1.82, 2.24) is 4.90 Å². The lowest BCUT2D eigenvalue weighted by Gasteiger charge is -2.38. The normalized spacial score (nSPS) is 37.4. The minimum Gasteiger partial charge on any atom is -0.381 e. The topological polar surface area (TPSA) is 55.6 Å². The number of amides is 1. The Kier molecular flexibility index (Phi) is 3.56. The van der Waals surface area contributed by atoms with E-state index >= 15 is 0 Å². The van der Waals surface area contributed by atoms with Gasteiger partial charge in [0.1, 0.15) is 0 Å². The van der Waals surface area contributed by atoms with Crippen LogP contribution in [0.25, 0.3) is 0 Å². The Morgan fingerprint density at radius 3 is 2.68 bits per heavy atom. The third kappa shape index (κ3) is 2.19. The number of rotatable bonds is 2. The van der Waals surface area contributed by atoms with Gasteiger partial charge in [0.25, 0.3) is 0 Å². The van der Waals surface area contributed by atoms with Crippen LogP contribution < -0.4 is 5.73 Å². The Balaban J connectivity index is 1.70. The quantitative estimate of drug-likeness (QED) is 0.821. The molecule has 19 heavy (non-hydrogen) atoms. The highest BCUT2D eigenvalue weighted by atomic mass is 16.5. The maximum absolute atomic E-state index is 12.9. The first-order valence-corrected chi connectivity index (χ1v) is 7.79. The van der Waals surface area contributed by atoms with Crippen molar-refractivity contribution in [2.45, 2.75) is 45.1 Å². The van der Waals surface area contributed by atoms with Crippen molar-refractivity contribution in [1.29, 1.82) is 0 Å². The van der Waals surface area contributed by atoms with Crippen LogP contribution in [0.3, 0.4) is 0 Å². The summed E-state index contributed by atoms with van der Waals surface area (Å²) in [6.07, 6.45) is 5.06. The number of fused-ring (bicyclic) bond motifs is 1. The molecule has 2 saturated heterocycles. The zero-order chi connectivity index (χ0) is 13.5. The maximum Gasteiger partial charge on any atom is 0.228 e. The summed E-state index contributed by atoms with van der Waals surface area (Å²) >= 11 is 0. The Morgan fingerprint density at radius 1 is 1.32 bits per heavy atom. The van der Waals surface area contributed by atoms with Gasteiger partial charge in [-0.3, -0.25) is 4.79 Å². The number of carbonyl (C=O) groups excluding carboxylic acids is 1. The van der Waals surface area contributed by atoms with E-state index in [2.05, 4.69) is 11.8 Å². The van der Waals surface area contributed by atoms with Gasteiger partial charge in [-0.25, -0.2) is 0 Å². The van der Waals surface area contributed by atoms with Crippen LogP contribution in [0.1, 0.15) is 39.0 Å². The standard InChI is InChI=1S/C15H26N2O2/c1-2-15(5-7-19-8-6-15)14(18)17-9-11-3-4-13(16)12(11)10-17/h11-13H,2-10,16H2,1H3. The second-order valence-electron chi connectivity index (χ2n) is 6.62. The van der Waals surface area contributed by atoms with Crippen LogP contribution in [0.2, 0.25) is 0 Å². The number of nitrogens with zero attached hydrogens (tertiary/aromatic N) is 1. The zero-order valence-electron chi connectivity index (χ0n) is 11.9. The summed E-state index contributed by atoms with van der Waals surface area (Å²) in [4.78, 5) is 15.0. The fourth-order valence-electron chi connectivity index (χ4n) is 4.29. The second-order valence-corrected chi connectivity index (χ2v) is 6.62. The molecule has 4 heteroatoms. The molecule has 0 aromatic rings. The molecule has 3 unspecified atom stereocenters. The second kappa shape index (κ2) is 5.06. The Morgan fingerprint density at radius 2 is 2.05 bits per heavy atom. The molecule has 2 N–H and O–H groups in total. The molecular formula is C15H26N2O2. The van der Waals surface area contributed by atoms with Gasteiger partial charge in [0.2, 0.25) is 5.91 Å². The maximum atomic E-state index is 12.9. The summed E-state index contributed by atoms with van der Waals surface area (Å²) in [7, 11) is 0. The highest BCUT2D eigenvalue weighted by Gasteiger charge is 2.47. The average molecular weight is 266 g/mol. The van der Waals surface area contributed by atoms with Crippen LogP contribution >= 0.6 is 0 Å². The molecule has 2 heterocycles. The fraction of sp³-hybridized carbons (Fsp3) is 0.933. The van der Waals surface area contributed by atoms with Gasteiger partial charge in [-0.1, -0.05) is 6.92 Å². The van der Waals surface area contributed by atoms with Gasteiger partial charge >= 0.3 is 0 Å². The summed E-state index contributed by atoms with van der Waals surface area (Å²) in [5.74, 6) is 1.59. The fourth-order valence-corrected chi connectivity index (χ4v) is 4.29. The number of hydrogen-bond acceptors (Lipinski definition) is 3. The highest BCUT2D eigenvalue weighted by molar-refractivity contribution is 5.83. The number of likely N-dealkylation sites (tertiary alicyclic amines) is 1. The van der Waals surface area contributed by atoms with Gasteiger partial charge in [0.15, 0.2) is 0 Å². The molecule has 0 radical (unpaired) electrons. The first kappa shape index (κ1) is 13.4. The summed E-state index contributed by atoms with van der Waals surface area (Å²) in [5.41, 5.74) is 6.02. The summed E-state index contributed by atoms with van der Waals surface area (Å²) < 4.78 is 5.44. The Hall–Kier alpha value is -0.610. The van der Waals surface area contributed by atoms with E-state index in [0.29, 0.717) is 23.8 Å². The van der Waals surface area contributed by atoms with Crippen LogP contribution in [0.15, 0.2) is 0 Å². The van der Waals surface area contributed by atoms with Gasteiger partial charge in [-0.15, -0.1) is 0 Å². The lowest BCUT2D eigenvalue weighted by atomic mass is 9.76. The van der Waals surface area contributed by atoms with E-state index in [-0.39, 0.29) is 5.41 Å². The number of hydrogen-bond donors (Lipinski definition) is 1. The first-order valence-electron chi connectivity index (χ1n) is 7.79. The van der Waals surface area contributed by atoms with Crippen molar-refractivity contribution in [3.63, 3.8) is 0 Å².